The first-order valence-electron chi connectivity index (χ1n) is 8.56. The molecule has 2 rings (SSSR count). The number of sulfonamides is 1. The van der Waals surface area contributed by atoms with Gasteiger partial charge in [0.25, 0.3) is 0 Å². The maximum Gasteiger partial charge on any atom is 0.245 e. The number of nitrogens with zero attached hydrogens (tertiary/aromatic N) is 1. The molecule has 0 fully saturated rings. The Labute approximate surface area is 160 Å². The standard InChI is InChI=1S/C19H24N2O5S/c1-4-25-17-11-9-16(10-12-17)21(27(3,23)24)14-19(22)20-15-7-6-8-18(13-15)26-5-2/h6-13H,4-5,14H2,1-3H3,(H,20,22). The summed E-state index contributed by atoms with van der Waals surface area (Å²) in [5.74, 6) is 0.802. The first-order chi connectivity index (χ1) is 12.8. The van der Waals surface area contributed by atoms with Gasteiger partial charge >= 0.3 is 0 Å². The van der Waals surface area contributed by atoms with E-state index >= 15 is 0 Å². The lowest BCUT2D eigenvalue weighted by molar-refractivity contribution is -0.114. The third kappa shape index (κ3) is 6.18. The minimum absolute atomic E-state index is 0.342. The molecule has 27 heavy (non-hydrogen) atoms. The predicted octanol–water partition coefficient (Wildman–Crippen LogP) is 2.89. The molecule has 8 heteroatoms. The highest BCUT2D eigenvalue weighted by atomic mass is 32.2. The molecule has 0 spiro atoms. The van der Waals surface area contributed by atoms with Crippen molar-refractivity contribution in [3.8, 4) is 11.5 Å². The fraction of sp³-hybridized carbons (Fsp3) is 0.316. The minimum atomic E-state index is -3.64. The summed E-state index contributed by atoms with van der Waals surface area (Å²) in [6.45, 7) is 4.41. The summed E-state index contributed by atoms with van der Waals surface area (Å²) in [6, 6.07) is 13.5. The first-order valence-corrected chi connectivity index (χ1v) is 10.4. The van der Waals surface area contributed by atoms with Crippen LogP contribution in [0.3, 0.4) is 0 Å². The van der Waals surface area contributed by atoms with Crippen molar-refractivity contribution in [1.29, 1.82) is 0 Å². The molecule has 2 aromatic carbocycles. The first kappa shape index (κ1) is 20.6. The Morgan fingerprint density at radius 2 is 1.63 bits per heavy atom. The summed E-state index contributed by atoms with van der Waals surface area (Å²) < 4.78 is 36.1. The van der Waals surface area contributed by atoms with E-state index in [2.05, 4.69) is 5.32 Å². The molecule has 0 aromatic heterocycles. The van der Waals surface area contributed by atoms with Gasteiger partial charge < -0.3 is 14.8 Å². The van der Waals surface area contributed by atoms with Crippen LogP contribution in [-0.4, -0.2) is 40.3 Å². The summed E-state index contributed by atoms with van der Waals surface area (Å²) in [6.07, 6.45) is 1.06. The summed E-state index contributed by atoms with van der Waals surface area (Å²) >= 11 is 0. The van der Waals surface area contributed by atoms with Crippen molar-refractivity contribution in [3.05, 3.63) is 48.5 Å². The van der Waals surface area contributed by atoms with Crippen molar-refractivity contribution in [1.82, 2.24) is 0 Å². The molecular weight excluding hydrogens is 368 g/mol. The van der Waals surface area contributed by atoms with E-state index in [4.69, 9.17) is 9.47 Å². The molecule has 0 saturated carbocycles. The highest BCUT2D eigenvalue weighted by Gasteiger charge is 2.21. The molecule has 0 heterocycles. The average Bonchev–Trinajstić information content (AvgIpc) is 2.60. The lowest BCUT2D eigenvalue weighted by atomic mass is 10.3. The van der Waals surface area contributed by atoms with Crippen LogP contribution in [0.5, 0.6) is 11.5 Å². The van der Waals surface area contributed by atoms with Gasteiger partial charge in [-0.15, -0.1) is 0 Å². The van der Waals surface area contributed by atoms with Crippen molar-refractivity contribution in [2.45, 2.75) is 13.8 Å². The van der Waals surface area contributed by atoms with E-state index in [0.717, 1.165) is 10.6 Å². The van der Waals surface area contributed by atoms with E-state index in [-0.39, 0.29) is 6.54 Å². The Kier molecular flexibility index (Phi) is 7.06. The number of rotatable bonds is 9. The maximum absolute atomic E-state index is 12.4. The van der Waals surface area contributed by atoms with Crippen molar-refractivity contribution < 1.29 is 22.7 Å². The van der Waals surface area contributed by atoms with Crippen LogP contribution in [-0.2, 0) is 14.8 Å². The Bertz CT molecular complexity index is 866. The zero-order valence-corrected chi connectivity index (χ0v) is 16.5. The van der Waals surface area contributed by atoms with Crippen LogP contribution in [0.4, 0.5) is 11.4 Å². The van der Waals surface area contributed by atoms with Gasteiger partial charge in [0, 0.05) is 11.8 Å². The van der Waals surface area contributed by atoms with E-state index in [9.17, 15) is 13.2 Å². The molecule has 0 atom stereocenters. The van der Waals surface area contributed by atoms with Gasteiger partial charge in [0.2, 0.25) is 15.9 Å². The smallest absolute Gasteiger partial charge is 0.245 e. The SMILES string of the molecule is CCOc1ccc(N(CC(=O)Nc2cccc(OCC)c2)S(C)(=O)=O)cc1. The van der Waals surface area contributed by atoms with E-state index in [1.807, 2.05) is 13.8 Å². The molecule has 0 aliphatic heterocycles. The number of hydrogen-bond acceptors (Lipinski definition) is 5. The maximum atomic E-state index is 12.4. The zero-order chi connectivity index (χ0) is 19.9. The lowest BCUT2D eigenvalue weighted by Gasteiger charge is -2.22. The number of carbonyl (C=O) groups excluding carboxylic acids is 1. The Hall–Kier alpha value is -2.74. The van der Waals surface area contributed by atoms with Crippen LogP contribution in [0.15, 0.2) is 48.5 Å². The summed E-state index contributed by atoms with van der Waals surface area (Å²) in [4.78, 5) is 12.4. The van der Waals surface area contributed by atoms with Gasteiger partial charge in [-0.1, -0.05) is 6.07 Å². The van der Waals surface area contributed by atoms with Gasteiger partial charge in [0.1, 0.15) is 18.0 Å². The molecule has 0 radical (unpaired) electrons. The molecule has 1 N–H and O–H groups in total. The highest BCUT2D eigenvalue weighted by molar-refractivity contribution is 7.92. The van der Waals surface area contributed by atoms with Gasteiger partial charge in [0.15, 0.2) is 0 Å². The molecule has 0 bridgehead atoms. The number of carbonyl (C=O) groups is 1. The van der Waals surface area contributed by atoms with E-state index in [1.165, 1.54) is 0 Å². The molecule has 0 aliphatic carbocycles. The number of hydrogen-bond donors (Lipinski definition) is 1. The summed E-state index contributed by atoms with van der Waals surface area (Å²) in [5, 5.41) is 2.70. The van der Waals surface area contributed by atoms with Crippen LogP contribution in [0, 0.1) is 0 Å². The van der Waals surface area contributed by atoms with Gasteiger partial charge in [-0.2, -0.15) is 0 Å². The largest absolute Gasteiger partial charge is 0.494 e. The van der Waals surface area contributed by atoms with Crippen molar-refractivity contribution in [2.75, 3.05) is 35.6 Å². The zero-order valence-electron chi connectivity index (χ0n) is 15.6. The van der Waals surface area contributed by atoms with Crippen LogP contribution in [0.1, 0.15) is 13.8 Å². The lowest BCUT2D eigenvalue weighted by Crippen LogP contribution is -2.37. The van der Waals surface area contributed by atoms with Crippen molar-refractivity contribution in [3.63, 3.8) is 0 Å². The second-order valence-electron chi connectivity index (χ2n) is 5.71. The van der Waals surface area contributed by atoms with Crippen molar-refractivity contribution >= 4 is 27.3 Å². The second-order valence-corrected chi connectivity index (χ2v) is 7.61. The Morgan fingerprint density at radius 1 is 1.00 bits per heavy atom. The fourth-order valence-corrected chi connectivity index (χ4v) is 3.29. The topological polar surface area (TPSA) is 84.9 Å². The molecule has 1 amide bonds. The van der Waals surface area contributed by atoms with E-state index < -0.39 is 15.9 Å². The normalized spacial score (nSPS) is 10.9. The van der Waals surface area contributed by atoms with E-state index in [0.29, 0.717) is 36.1 Å². The number of amides is 1. The third-order valence-electron chi connectivity index (χ3n) is 3.55. The molecule has 0 aliphatic rings. The highest BCUT2D eigenvalue weighted by Crippen LogP contribution is 2.22. The predicted molar refractivity (Wildman–Crippen MR) is 106 cm³/mol. The van der Waals surface area contributed by atoms with Gasteiger partial charge in [-0.3, -0.25) is 9.10 Å². The summed E-state index contributed by atoms with van der Waals surface area (Å²) in [7, 11) is -3.64. The molecule has 0 unspecified atom stereocenters. The molecule has 7 nitrogen and oxygen atoms in total. The van der Waals surface area contributed by atoms with Crippen LogP contribution >= 0.6 is 0 Å². The molecule has 2 aromatic rings. The molecule has 0 saturated heterocycles. The second kappa shape index (κ2) is 9.27. The van der Waals surface area contributed by atoms with Crippen LogP contribution in [0.25, 0.3) is 0 Å². The monoisotopic (exact) mass is 392 g/mol. The number of anilines is 2. The number of benzene rings is 2. The van der Waals surface area contributed by atoms with Crippen molar-refractivity contribution in [2.24, 2.45) is 0 Å². The van der Waals surface area contributed by atoms with Gasteiger partial charge in [0.05, 0.1) is 25.2 Å². The van der Waals surface area contributed by atoms with Gasteiger partial charge in [-0.25, -0.2) is 8.42 Å². The Morgan fingerprint density at radius 3 is 2.22 bits per heavy atom. The number of nitrogens with one attached hydrogen (secondary N) is 1. The van der Waals surface area contributed by atoms with Crippen LogP contribution < -0.4 is 19.1 Å². The number of ether oxygens (including phenoxy) is 2. The van der Waals surface area contributed by atoms with E-state index in [1.54, 1.807) is 48.5 Å². The fourth-order valence-electron chi connectivity index (χ4n) is 2.44. The van der Waals surface area contributed by atoms with Gasteiger partial charge in [-0.05, 0) is 50.2 Å². The average molecular weight is 392 g/mol. The van der Waals surface area contributed by atoms with Crippen LogP contribution in [0.2, 0.25) is 0 Å². The molecular formula is C19H24N2O5S. The summed E-state index contributed by atoms with van der Waals surface area (Å²) in [5.41, 5.74) is 0.922. The Balaban J connectivity index is 2.14. The quantitative estimate of drug-likeness (QED) is 0.709. The third-order valence-corrected chi connectivity index (χ3v) is 4.69. The molecule has 146 valence electrons. The minimum Gasteiger partial charge on any atom is -0.494 e.